The molecule has 4 nitrogen and oxygen atoms in total. The molecule has 0 aliphatic carbocycles. The van der Waals surface area contributed by atoms with Crippen LogP contribution in [0.5, 0.6) is 5.75 Å². The number of benzene rings is 2. The van der Waals surface area contributed by atoms with Gasteiger partial charge in [0.1, 0.15) is 11.6 Å². The molecule has 2 N–H and O–H groups in total. The minimum Gasteiger partial charge on any atom is -0.497 e. The number of hydrogen-bond acceptors (Lipinski definition) is 3. The van der Waals surface area contributed by atoms with Crippen molar-refractivity contribution in [2.45, 2.75) is 13.0 Å². The predicted octanol–water partition coefficient (Wildman–Crippen LogP) is 3.38. The Morgan fingerprint density at radius 2 is 1.90 bits per heavy atom. The Morgan fingerprint density at radius 1 is 1.24 bits per heavy atom. The highest BCUT2D eigenvalue weighted by molar-refractivity contribution is 5.79. The molecule has 0 radical (unpaired) electrons. The van der Waals surface area contributed by atoms with Crippen molar-refractivity contribution >= 4 is 11.7 Å². The van der Waals surface area contributed by atoms with Crippen LogP contribution < -0.4 is 10.1 Å². The Balaban J connectivity index is 2.30. The van der Waals surface area contributed by atoms with E-state index in [2.05, 4.69) is 5.32 Å². The number of nitrogens with one attached hydrogen (secondary N) is 1. The van der Waals surface area contributed by atoms with Crippen molar-refractivity contribution in [1.29, 1.82) is 0 Å². The molecular formula is C16H16FNO3. The minimum absolute atomic E-state index is 0.110. The van der Waals surface area contributed by atoms with Gasteiger partial charge in [-0.15, -0.1) is 0 Å². The Labute approximate surface area is 122 Å². The number of carbonyl (C=O) groups is 1. The van der Waals surface area contributed by atoms with E-state index in [-0.39, 0.29) is 5.56 Å². The summed E-state index contributed by atoms with van der Waals surface area (Å²) in [6.07, 6.45) is 0. The smallest absolute Gasteiger partial charge is 0.330 e. The molecular weight excluding hydrogens is 273 g/mol. The van der Waals surface area contributed by atoms with Crippen LogP contribution in [0.15, 0.2) is 42.5 Å². The first-order valence-corrected chi connectivity index (χ1v) is 6.40. The SMILES string of the molecule is COc1ccc(NC(C(=O)O)c2cc(C)ccc2F)cc1. The number of halogens is 1. The average Bonchev–Trinajstić information content (AvgIpc) is 2.48. The molecule has 5 heteroatoms. The van der Waals surface area contributed by atoms with Crippen molar-refractivity contribution in [2.24, 2.45) is 0 Å². The lowest BCUT2D eigenvalue weighted by Crippen LogP contribution is -2.21. The maximum Gasteiger partial charge on any atom is 0.330 e. The monoisotopic (exact) mass is 289 g/mol. The Kier molecular flexibility index (Phi) is 4.42. The van der Waals surface area contributed by atoms with Gasteiger partial charge in [-0.05, 0) is 37.3 Å². The third kappa shape index (κ3) is 3.51. The number of carboxylic acids is 1. The Bertz CT molecular complexity index is 640. The zero-order chi connectivity index (χ0) is 15.4. The largest absolute Gasteiger partial charge is 0.497 e. The maximum absolute atomic E-state index is 13.9. The van der Waals surface area contributed by atoms with Crippen LogP contribution in [0, 0.1) is 12.7 Å². The average molecular weight is 289 g/mol. The molecule has 0 bridgehead atoms. The molecule has 0 aromatic heterocycles. The third-order valence-electron chi connectivity index (χ3n) is 3.11. The Morgan fingerprint density at radius 3 is 2.48 bits per heavy atom. The number of rotatable bonds is 5. The second-order valence-corrected chi connectivity index (χ2v) is 4.67. The van der Waals surface area contributed by atoms with E-state index in [1.165, 1.54) is 12.1 Å². The van der Waals surface area contributed by atoms with Crippen molar-refractivity contribution in [1.82, 2.24) is 0 Å². The van der Waals surface area contributed by atoms with Crippen molar-refractivity contribution in [2.75, 3.05) is 12.4 Å². The van der Waals surface area contributed by atoms with E-state index in [0.29, 0.717) is 11.4 Å². The molecule has 0 spiro atoms. The van der Waals surface area contributed by atoms with Crippen molar-refractivity contribution < 1.29 is 19.0 Å². The van der Waals surface area contributed by atoms with Crippen LogP contribution in [-0.4, -0.2) is 18.2 Å². The molecule has 0 amide bonds. The lowest BCUT2D eigenvalue weighted by Gasteiger charge is -2.17. The van der Waals surface area contributed by atoms with Gasteiger partial charge in [0.25, 0.3) is 0 Å². The molecule has 21 heavy (non-hydrogen) atoms. The fourth-order valence-electron chi connectivity index (χ4n) is 2.01. The fourth-order valence-corrected chi connectivity index (χ4v) is 2.01. The van der Waals surface area contributed by atoms with Crippen molar-refractivity contribution in [3.8, 4) is 5.75 Å². The van der Waals surface area contributed by atoms with Gasteiger partial charge in [0, 0.05) is 11.3 Å². The highest BCUT2D eigenvalue weighted by Gasteiger charge is 2.23. The molecule has 1 atom stereocenters. The minimum atomic E-state index is -1.15. The van der Waals surface area contributed by atoms with Crippen molar-refractivity contribution in [3.05, 3.63) is 59.4 Å². The third-order valence-corrected chi connectivity index (χ3v) is 3.11. The summed E-state index contributed by atoms with van der Waals surface area (Å²) in [5.41, 5.74) is 1.48. The highest BCUT2D eigenvalue weighted by Crippen LogP contribution is 2.24. The zero-order valence-corrected chi connectivity index (χ0v) is 11.8. The number of ether oxygens (including phenoxy) is 1. The number of aryl methyl sites for hydroxylation is 1. The summed E-state index contributed by atoms with van der Waals surface area (Å²) in [5, 5.41) is 12.2. The summed E-state index contributed by atoms with van der Waals surface area (Å²) in [7, 11) is 1.55. The summed E-state index contributed by atoms with van der Waals surface area (Å²) >= 11 is 0. The quantitative estimate of drug-likeness (QED) is 0.886. The molecule has 0 saturated heterocycles. The second-order valence-electron chi connectivity index (χ2n) is 4.67. The van der Waals surface area contributed by atoms with Gasteiger partial charge < -0.3 is 15.2 Å². The van der Waals surface area contributed by atoms with Gasteiger partial charge in [-0.2, -0.15) is 0 Å². The van der Waals surface area contributed by atoms with Crippen LogP contribution in [0.25, 0.3) is 0 Å². The van der Waals surface area contributed by atoms with Crippen LogP contribution in [0.3, 0.4) is 0 Å². The van der Waals surface area contributed by atoms with Gasteiger partial charge in [-0.1, -0.05) is 17.7 Å². The maximum atomic E-state index is 13.9. The second kappa shape index (κ2) is 6.26. The lowest BCUT2D eigenvalue weighted by molar-refractivity contribution is -0.138. The number of hydrogen-bond donors (Lipinski definition) is 2. The zero-order valence-electron chi connectivity index (χ0n) is 11.8. The first-order chi connectivity index (χ1) is 10.0. The van der Waals surface area contributed by atoms with Gasteiger partial charge in [0.2, 0.25) is 0 Å². The van der Waals surface area contributed by atoms with E-state index in [1.807, 2.05) is 0 Å². The summed E-state index contributed by atoms with van der Waals surface area (Å²) in [6.45, 7) is 1.79. The van der Waals surface area contributed by atoms with E-state index in [1.54, 1.807) is 44.4 Å². The molecule has 0 heterocycles. The molecule has 110 valence electrons. The fraction of sp³-hybridized carbons (Fsp3) is 0.188. The summed E-state index contributed by atoms with van der Waals surface area (Å²) in [6, 6.07) is 10.0. The predicted molar refractivity (Wildman–Crippen MR) is 78.1 cm³/mol. The van der Waals surface area contributed by atoms with E-state index in [4.69, 9.17) is 4.74 Å². The van der Waals surface area contributed by atoms with Crippen LogP contribution >= 0.6 is 0 Å². The molecule has 0 aliphatic heterocycles. The summed E-state index contributed by atoms with van der Waals surface area (Å²) < 4.78 is 18.9. The number of aliphatic carboxylic acids is 1. The van der Waals surface area contributed by atoms with Gasteiger partial charge >= 0.3 is 5.97 Å². The van der Waals surface area contributed by atoms with Crippen LogP contribution in [0.2, 0.25) is 0 Å². The molecule has 2 aromatic carbocycles. The first kappa shape index (κ1) is 14.8. The van der Waals surface area contributed by atoms with E-state index in [9.17, 15) is 14.3 Å². The Hall–Kier alpha value is -2.56. The molecule has 2 rings (SSSR count). The molecule has 2 aromatic rings. The number of carboxylic acid groups (broad SMARTS) is 1. The standard InChI is InChI=1S/C16H16FNO3/c1-10-3-8-14(17)13(9-10)15(16(19)20)18-11-4-6-12(21-2)7-5-11/h3-9,15,18H,1-2H3,(H,19,20). The van der Waals surface area contributed by atoms with Gasteiger partial charge in [0.05, 0.1) is 7.11 Å². The summed E-state index contributed by atoms with van der Waals surface area (Å²) in [4.78, 5) is 11.4. The summed E-state index contributed by atoms with van der Waals surface area (Å²) in [5.74, 6) is -1.03. The molecule has 0 saturated carbocycles. The topological polar surface area (TPSA) is 58.6 Å². The van der Waals surface area contributed by atoms with Crippen LogP contribution in [0.4, 0.5) is 10.1 Å². The van der Waals surface area contributed by atoms with E-state index >= 15 is 0 Å². The molecule has 0 fully saturated rings. The van der Waals surface area contributed by atoms with Gasteiger partial charge in [-0.25, -0.2) is 9.18 Å². The number of anilines is 1. The number of methoxy groups -OCH3 is 1. The molecule has 0 aliphatic rings. The molecule has 1 unspecified atom stereocenters. The highest BCUT2D eigenvalue weighted by atomic mass is 19.1. The van der Waals surface area contributed by atoms with Gasteiger partial charge in [0.15, 0.2) is 6.04 Å². The lowest BCUT2D eigenvalue weighted by atomic mass is 10.0. The first-order valence-electron chi connectivity index (χ1n) is 6.40. The van der Waals surface area contributed by atoms with Crippen LogP contribution in [0.1, 0.15) is 17.2 Å². The van der Waals surface area contributed by atoms with Crippen molar-refractivity contribution in [3.63, 3.8) is 0 Å². The van der Waals surface area contributed by atoms with Crippen LogP contribution in [-0.2, 0) is 4.79 Å². The van der Waals surface area contributed by atoms with E-state index < -0.39 is 17.8 Å². The van der Waals surface area contributed by atoms with Gasteiger partial charge in [-0.3, -0.25) is 0 Å². The van der Waals surface area contributed by atoms with E-state index in [0.717, 1.165) is 5.56 Å². The normalized spacial score (nSPS) is 11.8.